The molecule has 0 spiro atoms. The van der Waals surface area contributed by atoms with E-state index in [2.05, 4.69) is 35.9 Å². The zero-order valence-corrected chi connectivity index (χ0v) is 10.4. The molecule has 1 fully saturated rings. The van der Waals surface area contributed by atoms with E-state index in [-0.39, 0.29) is 0 Å². The van der Waals surface area contributed by atoms with E-state index in [0.717, 1.165) is 38.3 Å². The van der Waals surface area contributed by atoms with Crippen LogP contribution in [0.1, 0.15) is 31.2 Å². The minimum absolute atomic E-state index is 0.542. The Morgan fingerprint density at radius 2 is 2.06 bits per heavy atom. The van der Waals surface area contributed by atoms with E-state index in [1.165, 1.54) is 11.4 Å². The molecule has 0 atom stereocenters. The van der Waals surface area contributed by atoms with Gasteiger partial charge < -0.3 is 10.1 Å². The van der Waals surface area contributed by atoms with Crippen LogP contribution >= 0.6 is 0 Å². The van der Waals surface area contributed by atoms with Crippen molar-refractivity contribution in [3.63, 3.8) is 0 Å². The number of hydrogen-bond donors (Lipinski definition) is 1. The quantitative estimate of drug-likeness (QED) is 0.853. The maximum absolute atomic E-state index is 5.36. The Bertz CT molecular complexity index is 353. The molecule has 16 heavy (non-hydrogen) atoms. The Morgan fingerprint density at radius 1 is 1.38 bits per heavy atom. The summed E-state index contributed by atoms with van der Waals surface area (Å²) in [6, 6.07) is 0.542. The fourth-order valence-corrected chi connectivity index (χ4v) is 2.26. The average Bonchev–Trinajstić information content (AvgIpc) is 2.58. The van der Waals surface area contributed by atoms with Crippen LogP contribution in [-0.2, 0) is 11.3 Å². The van der Waals surface area contributed by atoms with Crippen LogP contribution in [-0.4, -0.2) is 29.0 Å². The molecule has 90 valence electrons. The number of anilines is 1. The topological polar surface area (TPSA) is 39.1 Å². The zero-order chi connectivity index (χ0) is 11.5. The summed E-state index contributed by atoms with van der Waals surface area (Å²) in [7, 11) is 0. The highest BCUT2D eigenvalue weighted by Gasteiger charge is 2.17. The molecule has 4 nitrogen and oxygen atoms in total. The van der Waals surface area contributed by atoms with Crippen molar-refractivity contribution < 1.29 is 4.74 Å². The lowest BCUT2D eigenvalue weighted by molar-refractivity contribution is 0.0904. The number of nitrogens with one attached hydrogen (secondary N) is 1. The third-order valence-electron chi connectivity index (χ3n) is 3.25. The van der Waals surface area contributed by atoms with Crippen LogP contribution in [0.5, 0.6) is 0 Å². The van der Waals surface area contributed by atoms with Crippen LogP contribution in [0, 0.1) is 13.8 Å². The standard InChI is InChI=1S/C12H21N3O/c1-4-15-10(3)12(9(2)14-15)13-11-5-7-16-8-6-11/h11,13H,4-8H2,1-3H3. The molecule has 0 unspecified atom stereocenters. The molecule has 0 saturated carbocycles. The first-order valence-corrected chi connectivity index (χ1v) is 6.10. The van der Waals surface area contributed by atoms with Crippen molar-refractivity contribution in [3.8, 4) is 0 Å². The molecule has 1 aromatic rings. The third kappa shape index (κ3) is 2.21. The molecule has 0 amide bonds. The molecular formula is C12H21N3O. The van der Waals surface area contributed by atoms with Crippen molar-refractivity contribution >= 4 is 5.69 Å². The summed E-state index contributed by atoms with van der Waals surface area (Å²) in [5.74, 6) is 0. The minimum atomic E-state index is 0.542. The number of aromatic nitrogens is 2. The first-order valence-electron chi connectivity index (χ1n) is 6.10. The summed E-state index contributed by atoms with van der Waals surface area (Å²) in [5, 5.41) is 8.13. The van der Waals surface area contributed by atoms with E-state index in [0.29, 0.717) is 6.04 Å². The summed E-state index contributed by atoms with van der Waals surface area (Å²) < 4.78 is 7.42. The van der Waals surface area contributed by atoms with E-state index in [9.17, 15) is 0 Å². The molecule has 0 bridgehead atoms. The first-order chi connectivity index (χ1) is 7.72. The van der Waals surface area contributed by atoms with E-state index in [1.54, 1.807) is 0 Å². The summed E-state index contributed by atoms with van der Waals surface area (Å²) in [6.07, 6.45) is 2.19. The normalized spacial score (nSPS) is 17.7. The number of nitrogens with zero attached hydrogens (tertiary/aromatic N) is 2. The van der Waals surface area contributed by atoms with Crippen LogP contribution < -0.4 is 5.32 Å². The van der Waals surface area contributed by atoms with Crippen LogP contribution in [0.15, 0.2) is 0 Å². The predicted octanol–water partition coefficient (Wildman–Crippen LogP) is 2.11. The molecule has 4 heteroatoms. The van der Waals surface area contributed by atoms with Crippen molar-refractivity contribution in [1.82, 2.24) is 9.78 Å². The fourth-order valence-electron chi connectivity index (χ4n) is 2.26. The number of ether oxygens (including phenoxy) is 1. The highest BCUT2D eigenvalue weighted by atomic mass is 16.5. The Labute approximate surface area is 97.0 Å². The Hall–Kier alpha value is -1.03. The summed E-state index contributed by atoms with van der Waals surface area (Å²) >= 11 is 0. The second-order valence-corrected chi connectivity index (χ2v) is 4.39. The lowest BCUT2D eigenvalue weighted by Crippen LogP contribution is -2.28. The van der Waals surface area contributed by atoms with Gasteiger partial charge in [0.25, 0.3) is 0 Å². The lowest BCUT2D eigenvalue weighted by Gasteiger charge is -2.24. The summed E-state index contributed by atoms with van der Waals surface area (Å²) in [4.78, 5) is 0. The molecule has 0 aliphatic carbocycles. The van der Waals surface area contributed by atoms with Gasteiger partial charge in [0, 0.05) is 25.8 Å². The van der Waals surface area contributed by atoms with E-state index >= 15 is 0 Å². The molecule has 1 aromatic heterocycles. The van der Waals surface area contributed by atoms with Crippen molar-refractivity contribution in [2.45, 2.75) is 46.2 Å². The first kappa shape index (κ1) is 11.5. The Kier molecular flexibility index (Phi) is 3.49. The fraction of sp³-hybridized carbons (Fsp3) is 0.750. The molecule has 0 aromatic carbocycles. The molecule has 0 radical (unpaired) electrons. The van der Waals surface area contributed by atoms with Crippen molar-refractivity contribution in [1.29, 1.82) is 0 Å². The van der Waals surface area contributed by atoms with Gasteiger partial charge in [-0.3, -0.25) is 4.68 Å². The third-order valence-corrected chi connectivity index (χ3v) is 3.25. The van der Waals surface area contributed by atoms with Gasteiger partial charge in [-0.2, -0.15) is 5.10 Å². The Morgan fingerprint density at radius 3 is 2.62 bits per heavy atom. The summed E-state index contributed by atoms with van der Waals surface area (Å²) in [5.41, 5.74) is 3.56. The predicted molar refractivity (Wildman–Crippen MR) is 64.8 cm³/mol. The maximum atomic E-state index is 5.36. The van der Waals surface area contributed by atoms with Crippen molar-refractivity contribution in [2.24, 2.45) is 0 Å². The van der Waals surface area contributed by atoms with Gasteiger partial charge in [0.05, 0.1) is 17.1 Å². The maximum Gasteiger partial charge on any atom is 0.0828 e. The second kappa shape index (κ2) is 4.87. The van der Waals surface area contributed by atoms with Gasteiger partial charge in [-0.05, 0) is 33.6 Å². The molecule has 1 N–H and O–H groups in total. The molecule has 1 aliphatic rings. The molecular weight excluding hydrogens is 202 g/mol. The van der Waals surface area contributed by atoms with Gasteiger partial charge in [-0.15, -0.1) is 0 Å². The van der Waals surface area contributed by atoms with Gasteiger partial charge in [0.1, 0.15) is 0 Å². The number of rotatable bonds is 3. The molecule has 2 heterocycles. The largest absolute Gasteiger partial charge is 0.381 e. The van der Waals surface area contributed by atoms with Crippen molar-refractivity contribution in [3.05, 3.63) is 11.4 Å². The van der Waals surface area contributed by atoms with E-state index in [4.69, 9.17) is 4.74 Å². The Balaban J connectivity index is 2.10. The van der Waals surface area contributed by atoms with Gasteiger partial charge in [-0.1, -0.05) is 0 Å². The lowest BCUT2D eigenvalue weighted by atomic mass is 10.1. The smallest absolute Gasteiger partial charge is 0.0828 e. The van der Waals surface area contributed by atoms with Gasteiger partial charge in [0.2, 0.25) is 0 Å². The number of hydrogen-bond acceptors (Lipinski definition) is 3. The van der Waals surface area contributed by atoms with E-state index < -0.39 is 0 Å². The monoisotopic (exact) mass is 223 g/mol. The number of aryl methyl sites for hydroxylation is 2. The molecule has 1 saturated heterocycles. The SMILES string of the molecule is CCn1nc(C)c(NC2CCOCC2)c1C. The van der Waals surface area contributed by atoms with Gasteiger partial charge in [-0.25, -0.2) is 0 Å². The molecule has 2 rings (SSSR count). The van der Waals surface area contributed by atoms with Crippen LogP contribution in [0.4, 0.5) is 5.69 Å². The van der Waals surface area contributed by atoms with E-state index in [1.807, 2.05) is 0 Å². The average molecular weight is 223 g/mol. The second-order valence-electron chi connectivity index (χ2n) is 4.39. The minimum Gasteiger partial charge on any atom is -0.381 e. The van der Waals surface area contributed by atoms with Crippen LogP contribution in [0.25, 0.3) is 0 Å². The highest BCUT2D eigenvalue weighted by Crippen LogP contribution is 2.22. The molecule has 1 aliphatic heterocycles. The van der Waals surface area contributed by atoms with Crippen LogP contribution in [0.3, 0.4) is 0 Å². The van der Waals surface area contributed by atoms with Gasteiger partial charge >= 0.3 is 0 Å². The van der Waals surface area contributed by atoms with Crippen LogP contribution in [0.2, 0.25) is 0 Å². The highest BCUT2D eigenvalue weighted by molar-refractivity contribution is 5.52. The zero-order valence-electron chi connectivity index (χ0n) is 10.4. The van der Waals surface area contributed by atoms with Crippen molar-refractivity contribution in [2.75, 3.05) is 18.5 Å². The van der Waals surface area contributed by atoms with Gasteiger partial charge in [0.15, 0.2) is 0 Å². The summed E-state index contributed by atoms with van der Waals surface area (Å²) in [6.45, 7) is 9.00.